The predicted octanol–water partition coefficient (Wildman–Crippen LogP) is 2.70. The van der Waals surface area contributed by atoms with E-state index in [1.807, 2.05) is 36.4 Å². The van der Waals surface area contributed by atoms with Gasteiger partial charge in [-0.2, -0.15) is 0 Å². The quantitative estimate of drug-likeness (QED) is 0.753. The van der Waals surface area contributed by atoms with Crippen molar-refractivity contribution in [2.24, 2.45) is 0 Å². The van der Waals surface area contributed by atoms with E-state index in [9.17, 15) is 4.79 Å². The largest absolute Gasteiger partial charge is 0.496 e. The first-order chi connectivity index (χ1) is 9.69. The summed E-state index contributed by atoms with van der Waals surface area (Å²) in [7, 11) is 1.61. The predicted molar refractivity (Wildman–Crippen MR) is 82.6 cm³/mol. The van der Waals surface area contributed by atoms with Crippen LogP contribution < -0.4 is 16.0 Å². The molecule has 102 valence electrons. The van der Waals surface area contributed by atoms with Crippen molar-refractivity contribution >= 4 is 27.3 Å². The average Bonchev–Trinajstić information content (AvgIpc) is 2.76. The van der Waals surface area contributed by atoms with Gasteiger partial charge in [0.1, 0.15) is 5.75 Å². The molecule has 0 radical (unpaired) electrons. The Morgan fingerprint density at radius 2 is 2.05 bits per heavy atom. The molecule has 2 N–H and O–H groups in total. The van der Waals surface area contributed by atoms with Crippen LogP contribution in [0.5, 0.6) is 5.75 Å². The van der Waals surface area contributed by atoms with Gasteiger partial charge in [0, 0.05) is 11.3 Å². The molecule has 0 unspecified atom stereocenters. The lowest BCUT2D eigenvalue weighted by Crippen LogP contribution is -2.14. The maximum absolute atomic E-state index is 12.3. The van der Waals surface area contributed by atoms with Gasteiger partial charge < -0.3 is 10.5 Å². The highest BCUT2D eigenvalue weighted by Crippen LogP contribution is 2.24. The molecule has 3 aromatic rings. The molecule has 0 bridgehead atoms. The van der Waals surface area contributed by atoms with Gasteiger partial charge in [-0.1, -0.05) is 23.7 Å². The van der Waals surface area contributed by atoms with Crippen molar-refractivity contribution in [1.82, 2.24) is 3.96 Å². The SMILES string of the molecule is COc1ccc(N)cc1Cn1sc2ccccc2c1=O. The molecular formula is C15H14N2O2S. The smallest absolute Gasteiger partial charge is 0.268 e. The maximum atomic E-state index is 12.3. The molecule has 0 atom stereocenters. The van der Waals surface area contributed by atoms with Crippen molar-refractivity contribution in [3.05, 3.63) is 58.4 Å². The van der Waals surface area contributed by atoms with Gasteiger partial charge in [0.25, 0.3) is 5.56 Å². The summed E-state index contributed by atoms with van der Waals surface area (Å²) in [6.45, 7) is 0.465. The number of ether oxygens (including phenoxy) is 1. The van der Waals surface area contributed by atoms with E-state index in [0.29, 0.717) is 12.2 Å². The van der Waals surface area contributed by atoms with Gasteiger partial charge in [-0.3, -0.25) is 8.75 Å². The highest BCUT2D eigenvalue weighted by Gasteiger charge is 2.10. The number of rotatable bonds is 3. The van der Waals surface area contributed by atoms with E-state index in [1.54, 1.807) is 17.1 Å². The zero-order valence-electron chi connectivity index (χ0n) is 11.0. The lowest BCUT2D eigenvalue weighted by atomic mass is 10.2. The van der Waals surface area contributed by atoms with Crippen LogP contribution in [0.4, 0.5) is 5.69 Å². The van der Waals surface area contributed by atoms with E-state index in [0.717, 1.165) is 21.4 Å². The van der Waals surface area contributed by atoms with Gasteiger partial charge in [0.2, 0.25) is 0 Å². The number of nitrogen functional groups attached to an aromatic ring is 1. The Morgan fingerprint density at radius 3 is 2.80 bits per heavy atom. The molecule has 0 aliphatic carbocycles. The fourth-order valence-electron chi connectivity index (χ4n) is 2.20. The molecular weight excluding hydrogens is 272 g/mol. The highest BCUT2D eigenvalue weighted by molar-refractivity contribution is 7.13. The standard InChI is InChI=1S/C15H14N2O2S/c1-19-13-7-6-11(16)8-10(13)9-17-15(18)12-4-2-3-5-14(12)20-17/h2-8H,9,16H2,1H3. The van der Waals surface area contributed by atoms with Crippen LogP contribution in [0.15, 0.2) is 47.3 Å². The second-order valence-corrected chi connectivity index (χ2v) is 5.56. The molecule has 2 aromatic carbocycles. The molecule has 0 aliphatic rings. The summed E-state index contributed by atoms with van der Waals surface area (Å²) in [5.74, 6) is 0.739. The van der Waals surface area contributed by atoms with Gasteiger partial charge in [-0.15, -0.1) is 0 Å². The number of nitrogens with two attached hydrogens (primary N) is 1. The van der Waals surface area contributed by atoms with E-state index in [-0.39, 0.29) is 5.56 Å². The fourth-order valence-corrected chi connectivity index (χ4v) is 3.21. The molecule has 1 aromatic heterocycles. The summed E-state index contributed by atoms with van der Waals surface area (Å²) >= 11 is 1.45. The number of hydrogen-bond acceptors (Lipinski definition) is 4. The molecule has 0 fully saturated rings. The number of nitrogens with zero attached hydrogens (tertiary/aromatic N) is 1. The minimum absolute atomic E-state index is 0.0232. The normalized spacial score (nSPS) is 10.8. The zero-order valence-corrected chi connectivity index (χ0v) is 11.8. The van der Waals surface area contributed by atoms with Crippen molar-refractivity contribution in [3.63, 3.8) is 0 Å². The van der Waals surface area contributed by atoms with Crippen molar-refractivity contribution in [2.45, 2.75) is 6.54 Å². The first-order valence-corrected chi connectivity index (χ1v) is 6.97. The lowest BCUT2D eigenvalue weighted by molar-refractivity contribution is 0.409. The second kappa shape index (κ2) is 5.02. The molecule has 5 heteroatoms. The molecule has 20 heavy (non-hydrogen) atoms. The van der Waals surface area contributed by atoms with E-state index < -0.39 is 0 Å². The number of benzene rings is 2. The molecule has 0 saturated carbocycles. The van der Waals surface area contributed by atoms with Crippen LogP contribution in [0, 0.1) is 0 Å². The third kappa shape index (κ3) is 2.16. The Bertz CT molecular complexity index is 820. The minimum atomic E-state index is 0.0232. The monoisotopic (exact) mass is 286 g/mol. The molecule has 0 amide bonds. The average molecular weight is 286 g/mol. The first-order valence-electron chi connectivity index (χ1n) is 6.20. The Hall–Kier alpha value is -2.27. The Labute approximate surface area is 120 Å². The Morgan fingerprint density at radius 1 is 1.25 bits per heavy atom. The number of aromatic nitrogens is 1. The van der Waals surface area contributed by atoms with Gasteiger partial charge in [0.15, 0.2) is 0 Å². The van der Waals surface area contributed by atoms with E-state index in [2.05, 4.69) is 0 Å². The lowest BCUT2D eigenvalue weighted by Gasteiger charge is -2.09. The third-order valence-corrected chi connectivity index (χ3v) is 4.24. The van der Waals surface area contributed by atoms with Crippen LogP contribution >= 0.6 is 11.5 Å². The molecule has 0 aliphatic heterocycles. The summed E-state index contributed by atoms with van der Waals surface area (Å²) in [6, 6.07) is 13.1. The zero-order chi connectivity index (χ0) is 14.1. The number of anilines is 1. The number of methoxy groups -OCH3 is 1. The van der Waals surface area contributed by atoms with Crippen molar-refractivity contribution in [2.75, 3.05) is 12.8 Å². The summed E-state index contributed by atoms with van der Waals surface area (Å²) < 4.78 is 8.03. The minimum Gasteiger partial charge on any atom is -0.496 e. The molecule has 1 heterocycles. The van der Waals surface area contributed by atoms with Gasteiger partial charge in [0.05, 0.1) is 23.7 Å². The summed E-state index contributed by atoms with van der Waals surface area (Å²) in [5, 5.41) is 0.750. The molecule has 3 rings (SSSR count). The Balaban J connectivity index is 2.07. The summed E-state index contributed by atoms with van der Waals surface area (Å²) in [5.41, 5.74) is 7.40. The summed E-state index contributed by atoms with van der Waals surface area (Å²) in [4.78, 5) is 12.3. The number of fused-ring (bicyclic) bond motifs is 1. The van der Waals surface area contributed by atoms with Crippen LogP contribution in [0.2, 0.25) is 0 Å². The van der Waals surface area contributed by atoms with Crippen molar-refractivity contribution in [3.8, 4) is 5.75 Å². The molecule has 0 spiro atoms. The molecule has 0 saturated heterocycles. The van der Waals surface area contributed by atoms with Crippen molar-refractivity contribution < 1.29 is 4.74 Å². The van der Waals surface area contributed by atoms with Crippen LogP contribution in [-0.2, 0) is 6.54 Å². The van der Waals surface area contributed by atoms with Crippen LogP contribution in [0.1, 0.15) is 5.56 Å². The summed E-state index contributed by atoms with van der Waals surface area (Å²) in [6.07, 6.45) is 0. The highest BCUT2D eigenvalue weighted by atomic mass is 32.1. The fraction of sp³-hybridized carbons (Fsp3) is 0.133. The van der Waals surface area contributed by atoms with Crippen LogP contribution in [0.3, 0.4) is 0 Å². The third-order valence-electron chi connectivity index (χ3n) is 3.17. The van der Waals surface area contributed by atoms with E-state index >= 15 is 0 Å². The van der Waals surface area contributed by atoms with Gasteiger partial charge >= 0.3 is 0 Å². The Kier molecular flexibility index (Phi) is 3.20. The van der Waals surface area contributed by atoms with Gasteiger partial charge in [-0.05, 0) is 30.3 Å². The van der Waals surface area contributed by atoms with E-state index in [4.69, 9.17) is 10.5 Å². The van der Waals surface area contributed by atoms with Crippen LogP contribution in [-0.4, -0.2) is 11.1 Å². The molecule has 4 nitrogen and oxygen atoms in total. The van der Waals surface area contributed by atoms with Crippen molar-refractivity contribution in [1.29, 1.82) is 0 Å². The number of hydrogen-bond donors (Lipinski definition) is 1. The second-order valence-electron chi connectivity index (χ2n) is 4.50. The van der Waals surface area contributed by atoms with E-state index in [1.165, 1.54) is 11.5 Å². The topological polar surface area (TPSA) is 57.2 Å². The van der Waals surface area contributed by atoms with Crippen LogP contribution in [0.25, 0.3) is 10.1 Å². The first kappa shape index (κ1) is 12.7. The van der Waals surface area contributed by atoms with Gasteiger partial charge in [-0.25, -0.2) is 0 Å². The maximum Gasteiger partial charge on any atom is 0.268 e.